The Morgan fingerprint density at radius 3 is 2.78 bits per heavy atom. The summed E-state index contributed by atoms with van der Waals surface area (Å²) in [5.74, 6) is -0.964. The molecule has 1 atom stereocenters. The van der Waals surface area contributed by atoms with Crippen LogP contribution in [0.2, 0.25) is 0 Å². The number of carboxylic acids is 1. The molecule has 0 spiro atoms. The number of aliphatic carboxylic acids is 1. The topological polar surface area (TPSA) is 66.8 Å². The molecule has 102 valence electrons. The van der Waals surface area contributed by atoms with Gasteiger partial charge in [0.25, 0.3) is 0 Å². The molecule has 1 aliphatic heterocycles. The molecule has 1 amide bonds. The summed E-state index contributed by atoms with van der Waals surface area (Å²) in [5.41, 5.74) is -0.600. The molecule has 1 saturated heterocycles. The number of hydrogen-bond acceptors (Lipinski definition) is 3. The van der Waals surface area contributed by atoms with Gasteiger partial charge in [0, 0.05) is 6.54 Å². The van der Waals surface area contributed by atoms with Gasteiger partial charge < -0.3 is 9.84 Å². The number of amides is 1. The summed E-state index contributed by atoms with van der Waals surface area (Å²) in [6.07, 6.45) is 3.87. The maximum Gasteiger partial charge on any atom is 0.411 e. The third kappa shape index (κ3) is 3.75. The third-order valence-corrected chi connectivity index (χ3v) is 3.09. The Kier molecular flexibility index (Phi) is 4.76. The molecule has 1 N–H and O–H groups in total. The fraction of sp³-hybridized carbons (Fsp3) is 0.692. The lowest BCUT2D eigenvalue weighted by Gasteiger charge is -2.29. The summed E-state index contributed by atoms with van der Waals surface area (Å²) < 4.78 is 5.38. The summed E-state index contributed by atoms with van der Waals surface area (Å²) >= 11 is 0. The van der Waals surface area contributed by atoms with E-state index in [1.54, 1.807) is 6.08 Å². The molecule has 1 heterocycles. The monoisotopic (exact) mass is 255 g/mol. The molecular formula is C13H21NO4. The summed E-state index contributed by atoms with van der Waals surface area (Å²) in [4.78, 5) is 24.2. The second-order valence-corrected chi connectivity index (χ2v) is 5.14. The second kappa shape index (κ2) is 5.89. The number of carboxylic acid groups (broad SMARTS) is 1. The molecule has 0 aliphatic carbocycles. The molecule has 0 saturated carbocycles. The van der Waals surface area contributed by atoms with Gasteiger partial charge in [-0.2, -0.15) is 0 Å². The standard InChI is InChI=1S/C13H21NO4/c1-4-5-8-13(2,3)18-12(17)14-9-6-7-10(14)11(15)16/h4,10H,1,5-9H2,2-3H3,(H,15,16). The van der Waals surface area contributed by atoms with E-state index in [9.17, 15) is 9.59 Å². The Morgan fingerprint density at radius 1 is 1.56 bits per heavy atom. The zero-order valence-electron chi connectivity index (χ0n) is 11.0. The van der Waals surface area contributed by atoms with Crippen LogP contribution in [0.4, 0.5) is 4.79 Å². The molecule has 5 heteroatoms. The number of carbonyl (C=O) groups excluding carboxylic acids is 1. The highest BCUT2D eigenvalue weighted by Gasteiger charge is 2.37. The first-order valence-electron chi connectivity index (χ1n) is 6.21. The van der Waals surface area contributed by atoms with Crippen LogP contribution >= 0.6 is 0 Å². The molecule has 0 aromatic carbocycles. The van der Waals surface area contributed by atoms with Crippen molar-refractivity contribution in [3.63, 3.8) is 0 Å². The Balaban J connectivity index is 2.59. The number of ether oxygens (including phenoxy) is 1. The number of likely N-dealkylation sites (tertiary alicyclic amines) is 1. The van der Waals surface area contributed by atoms with Crippen LogP contribution in [0.3, 0.4) is 0 Å². The van der Waals surface area contributed by atoms with Gasteiger partial charge in [0.15, 0.2) is 0 Å². The first-order chi connectivity index (χ1) is 8.37. The molecule has 5 nitrogen and oxygen atoms in total. The van der Waals surface area contributed by atoms with Crippen LogP contribution in [0, 0.1) is 0 Å². The van der Waals surface area contributed by atoms with Gasteiger partial charge in [-0.15, -0.1) is 6.58 Å². The summed E-state index contributed by atoms with van der Waals surface area (Å²) in [6, 6.07) is -0.743. The van der Waals surface area contributed by atoms with E-state index < -0.39 is 23.7 Å². The number of allylic oxidation sites excluding steroid dienone is 1. The number of hydrogen-bond donors (Lipinski definition) is 1. The van der Waals surface area contributed by atoms with Crippen LogP contribution in [-0.2, 0) is 9.53 Å². The molecule has 0 aromatic rings. The minimum atomic E-state index is -0.964. The van der Waals surface area contributed by atoms with Crippen molar-refractivity contribution in [3.05, 3.63) is 12.7 Å². The predicted molar refractivity (Wildman–Crippen MR) is 67.4 cm³/mol. The first-order valence-corrected chi connectivity index (χ1v) is 6.21. The van der Waals surface area contributed by atoms with Gasteiger partial charge in [0.1, 0.15) is 11.6 Å². The Labute approximate surface area is 107 Å². The van der Waals surface area contributed by atoms with Crippen molar-refractivity contribution in [1.82, 2.24) is 4.90 Å². The maximum atomic E-state index is 12.0. The van der Waals surface area contributed by atoms with E-state index >= 15 is 0 Å². The zero-order valence-corrected chi connectivity index (χ0v) is 11.0. The number of nitrogens with zero attached hydrogens (tertiary/aromatic N) is 1. The molecule has 0 aromatic heterocycles. The largest absolute Gasteiger partial charge is 0.480 e. The van der Waals surface area contributed by atoms with Crippen LogP contribution in [0.25, 0.3) is 0 Å². The van der Waals surface area contributed by atoms with Crippen molar-refractivity contribution < 1.29 is 19.4 Å². The molecule has 0 bridgehead atoms. The van der Waals surface area contributed by atoms with E-state index in [0.717, 1.165) is 6.42 Å². The van der Waals surface area contributed by atoms with Gasteiger partial charge in [-0.3, -0.25) is 4.90 Å². The highest BCUT2D eigenvalue weighted by atomic mass is 16.6. The Morgan fingerprint density at radius 2 is 2.22 bits per heavy atom. The lowest BCUT2D eigenvalue weighted by molar-refractivity contribution is -0.142. The highest BCUT2D eigenvalue weighted by Crippen LogP contribution is 2.23. The molecule has 0 radical (unpaired) electrons. The Hall–Kier alpha value is -1.52. The van der Waals surface area contributed by atoms with Crippen LogP contribution in [-0.4, -0.2) is 40.3 Å². The second-order valence-electron chi connectivity index (χ2n) is 5.14. The summed E-state index contributed by atoms with van der Waals surface area (Å²) in [7, 11) is 0. The lowest BCUT2D eigenvalue weighted by Crippen LogP contribution is -2.43. The van der Waals surface area contributed by atoms with Gasteiger partial charge in [-0.1, -0.05) is 6.08 Å². The quantitative estimate of drug-likeness (QED) is 0.766. The normalized spacial score (nSPS) is 19.7. The third-order valence-electron chi connectivity index (χ3n) is 3.09. The molecule has 1 aliphatic rings. The van der Waals surface area contributed by atoms with Crippen molar-refractivity contribution in [3.8, 4) is 0 Å². The van der Waals surface area contributed by atoms with Gasteiger partial charge in [0.2, 0.25) is 0 Å². The molecule has 18 heavy (non-hydrogen) atoms. The van der Waals surface area contributed by atoms with Crippen molar-refractivity contribution in [2.75, 3.05) is 6.54 Å². The molecule has 1 fully saturated rings. The summed E-state index contributed by atoms with van der Waals surface area (Å²) in [5, 5.41) is 9.01. The zero-order chi connectivity index (χ0) is 13.8. The van der Waals surface area contributed by atoms with Crippen molar-refractivity contribution in [1.29, 1.82) is 0 Å². The van der Waals surface area contributed by atoms with E-state index in [1.807, 2.05) is 13.8 Å². The van der Waals surface area contributed by atoms with Crippen molar-refractivity contribution >= 4 is 12.1 Å². The Bertz CT molecular complexity index is 338. The van der Waals surface area contributed by atoms with Gasteiger partial charge in [0.05, 0.1) is 0 Å². The maximum absolute atomic E-state index is 12.0. The molecule has 1 rings (SSSR count). The molecule has 1 unspecified atom stereocenters. The summed E-state index contributed by atoms with van der Waals surface area (Å²) in [6.45, 7) is 7.72. The smallest absolute Gasteiger partial charge is 0.411 e. The van der Waals surface area contributed by atoms with E-state index in [4.69, 9.17) is 9.84 Å². The van der Waals surface area contributed by atoms with E-state index in [1.165, 1.54) is 4.90 Å². The predicted octanol–water partition coefficient (Wildman–Crippen LogP) is 2.42. The van der Waals surface area contributed by atoms with Crippen LogP contribution < -0.4 is 0 Å². The number of carbonyl (C=O) groups is 2. The van der Waals surface area contributed by atoms with Gasteiger partial charge >= 0.3 is 12.1 Å². The highest BCUT2D eigenvalue weighted by molar-refractivity contribution is 5.80. The lowest BCUT2D eigenvalue weighted by atomic mass is 10.0. The van der Waals surface area contributed by atoms with E-state index in [2.05, 4.69) is 6.58 Å². The average molecular weight is 255 g/mol. The minimum absolute atomic E-state index is 0.452. The fourth-order valence-corrected chi connectivity index (χ4v) is 2.04. The SMILES string of the molecule is C=CCCC(C)(C)OC(=O)N1CCCC1C(=O)O. The van der Waals surface area contributed by atoms with Gasteiger partial charge in [-0.25, -0.2) is 9.59 Å². The minimum Gasteiger partial charge on any atom is -0.480 e. The van der Waals surface area contributed by atoms with Crippen LogP contribution in [0.15, 0.2) is 12.7 Å². The van der Waals surface area contributed by atoms with Crippen molar-refractivity contribution in [2.45, 2.75) is 51.2 Å². The van der Waals surface area contributed by atoms with Gasteiger partial charge in [-0.05, 0) is 39.5 Å². The first kappa shape index (κ1) is 14.5. The number of rotatable bonds is 5. The van der Waals surface area contributed by atoms with Crippen LogP contribution in [0.1, 0.15) is 39.5 Å². The van der Waals surface area contributed by atoms with Crippen LogP contribution in [0.5, 0.6) is 0 Å². The van der Waals surface area contributed by atoms with Crippen molar-refractivity contribution in [2.24, 2.45) is 0 Å². The fourth-order valence-electron chi connectivity index (χ4n) is 2.04. The molecular weight excluding hydrogens is 234 g/mol. The van der Waals surface area contributed by atoms with E-state index in [0.29, 0.717) is 25.8 Å². The van der Waals surface area contributed by atoms with E-state index in [-0.39, 0.29) is 0 Å². The average Bonchev–Trinajstić information content (AvgIpc) is 2.74.